The maximum Gasteiger partial charge on any atom is 0.235 e. The second-order valence-corrected chi connectivity index (χ2v) is 4.18. The van der Waals surface area contributed by atoms with E-state index < -0.39 is 0 Å². The molecule has 0 aliphatic rings. The number of ether oxygens (including phenoxy) is 2. The minimum Gasteiger partial charge on any atom is -0.497 e. The van der Waals surface area contributed by atoms with Crippen molar-refractivity contribution in [2.75, 3.05) is 24.8 Å². The zero-order chi connectivity index (χ0) is 15.2. The standard InChI is InChI=1S/C15H16N4O2/c1-3-21-15-12(9-16)13(17)8-14(19-15)18-10-4-6-11(20-2)7-5-10/h4-8H,3H2,1-2H3,(H3,17,18,19). The summed E-state index contributed by atoms with van der Waals surface area (Å²) in [7, 11) is 1.61. The van der Waals surface area contributed by atoms with Gasteiger partial charge in [-0.25, -0.2) is 0 Å². The van der Waals surface area contributed by atoms with Crippen LogP contribution >= 0.6 is 0 Å². The maximum absolute atomic E-state index is 9.08. The second kappa shape index (κ2) is 6.48. The van der Waals surface area contributed by atoms with Crippen LogP contribution < -0.4 is 20.5 Å². The van der Waals surface area contributed by atoms with Crippen molar-refractivity contribution in [1.82, 2.24) is 4.98 Å². The molecule has 0 atom stereocenters. The lowest BCUT2D eigenvalue weighted by Crippen LogP contribution is -2.04. The Kier molecular flexibility index (Phi) is 4.46. The fraction of sp³-hybridized carbons (Fsp3) is 0.200. The van der Waals surface area contributed by atoms with Gasteiger partial charge in [0, 0.05) is 11.8 Å². The summed E-state index contributed by atoms with van der Waals surface area (Å²) >= 11 is 0. The number of aromatic nitrogens is 1. The van der Waals surface area contributed by atoms with Gasteiger partial charge in [-0.05, 0) is 31.2 Å². The molecule has 6 heteroatoms. The van der Waals surface area contributed by atoms with Crippen LogP contribution in [0.1, 0.15) is 12.5 Å². The SMILES string of the molecule is CCOc1nc(Nc2ccc(OC)cc2)cc(N)c1C#N. The van der Waals surface area contributed by atoms with Crippen molar-refractivity contribution in [3.63, 3.8) is 0 Å². The highest BCUT2D eigenvalue weighted by molar-refractivity contribution is 5.67. The van der Waals surface area contributed by atoms with Crippen molar-refractivity contribution < 1.29 is 9.47 Å². The van der Waals surface area contributed by atoms with Crippen LogP contribution in [0, 0.1) is 11.3 Å². The Morgan fingerprint density at radius 1 is 1.33 bits per heavy atom. The molecule has 1 aromatic heterocycles. The van der Waals surface area contributed by atoms with Gasteiger partial charge in [-0.3, -0.25) is 0 Å². The summed E-state index contributed by atoms with van der Waals surface area (Å²) in [5, 5.41) is 12.2. The minimum atomic E-state index is 0.232. The number of benzene rings is 1. The second-order valence-electron chi connectivity index (χ2n) is 4.18. The summed E-state index contributed by atoms with van der Waals surface area (Å²) in [6, 6.07) is 11.0. The van der Waals surface area contributed by atoms with Gasteiger partial charge in [0.05, 0.1) is 19.4 Å². The topological polar surface area (TPSA) is 93.2 Å². The van der Waals surface area contributed by atoms with Crippen LogP contribution in [-0.4, -0.2) is 18.7 Å². The van der Waals surface area contributed by atoms with Gasteiger partial charge in [-0.2, -0.15) is 10.2 Å². The van der Waals surface area contributed by atoms with Crippen LogP contribution in [0.3, 0.4) is 0 Å². The van der Waals surface area contributed by atoms with E-state index in [0.29, 0.717) is 18.1 Å². The first-order valence-corrected chi connectivity index (χ1v) is 6.42. The van der Waals surface area contributed by atoms with Gasteiger partial charge in [-0.15, -0.1) is 0 Å². The molecule has 0 aliphatic carbocycles. The van der Waals surface area contributed by atoms with E-state index in [1.807, 2.05) is 37.3 Å². The molecular formula is C15H16N4O2. The lowest BCUT2D eigenvalue weighted by atomic mass is 10.2. The highest BCUT2D eigenvalue weighted by atomic mass is 16.5. The zero-order valence-corrected chi connectivity index (χ0v) is 11.9. The number of anilines is 3. The Morgan fingerprint density at radius 2 is 2.05 bits per heavy atom. The Bertz CT molecular complexity index is 663. The van der Waals surface area contributed by atoms with Crippen LogP contribution in [0.15, 0.2) is 30.3 Å². The predicted octanol–water partition coefficient (Wildman–Crippen LogP) is 2.69. The van der Waals surface area contributed by atoms with Gasteiger partial charge in [0.1, 0.15) is 23.2 Å². The van der Waals surface area contributed by atoms with E-state index in [2.05, 4.69) is 10.3 Å². The number of hydrogen-bond acceptors (Lipinski definition) is 6. The largest absolute Gasteiger partial charge is 0.497 e. The molecule has 0 fully saturated rings. The lowest BCUT2D eigenvalue weighted by molar-refractivity contribution is 0.326. The number of nitrogen functional groups attached to an aromatic ring is 1. The molecule has 0 radical (unpaired) electrons. The summed E-state index contributed by atoms with van der Waals surface area (Å²) in [6.45, 7) is 2.23. The summed E-state index contributed by atoms with van der Waals surface area (Å²) in [4.78, 5) is 4.26. The number of methoxy groups -OCH3 is 1. The predicted molar refractivity (Wildman–Crippen MR) is 80.8 cm³/mol. The van der Waals surface area contributed by atoms with Crippen LogP contribution in [0.4, 0.5) is 17.2 Å². The number of nitriles is 1. The minimum absolute atomic E-state index is 0.232. The van der Waals surface area contributed by atoms with Crippen molar-refractivity contribution in [1.29, 1.82) is 5.26 Å². The summed E-state index contributed by atoms with van der Waals surface area (Å²) in [5.74, 6) is 1.51. The van der Waals surface area contributed by atoms with Crippen LogP contribution in [-0.2, 0) is 0 Å². The molecule has 0 aliphatic heterocycles. The van der Waals surface area contributed by atoms with Crippen molar-refractivity contribution in [3.8, 4) is 17.7 Å². The number of nitrogens with two attached hydrogens (primary N) is 1. The molecule has 2 aromatic rings. The summed E-state index contributed by atoms with van der Waals surface area (Å²) in [5.41, 5.74) is 7.26. The Labute approximate surface area is 123 Å². The van der Waals surface area contributed by atoms with Crippen LogP contribution in [0.25, 0.3) is 0 Å². The van der Waals surface area contributed by atoms with Crippen LogP contribution in [0.2, 0.25) is 0 Å². The van der Waals surface area contributed by atoms with E-state index in [4.69, 9.17) is 20.5 Å². The summed E-state index contributed by atoms with van der Waals surface area (Å²) < 4.78 is 10.5. The van der Waals surface area contributed by atoms with E-state index in [1.165, 1.54) is 0 Å². The first-order chi connectivity index (χ1) is 10.2. The van der Waals surface area contributed by atoms with E-state index in [0.717, 1.165) is 11.4 Å². The van der Waals surface area contributed by atoms with E-state index >= 15 is 0 Å². The number of nitrogens with one attached hydrogen (secondary N) is 1. The third-order valence-corrected chi connectivity index (χ3v) is 2.77. The van der Waals surface area contributed by atoms with Gasteiger partial charge in [-0.1, -0.05) is 0 Å². The van der Waals surface area contributed by atoms with E-state index in [1.54, 1.807) is 13.2 Å². The Morgan fingerprint density at radius 3 is 2.62 bits per heavy atom. The van der Waals surface area contributed by atoms with Gasteiger partial charge < -0.3 is 20.5 Å². The van der Waals surface area contributed by atoms with Crippen molar-refractivity contribution in [2.45, 2.75) is 6.92 Å². The molecule has 0 unspecified atom stereocenters. The average molecular weight is 284 g/mol. The quantitative estimate of drug-likeness (QED) is 0.876. The molecule has 2 rings (SSSR count). The third-order valence-electron chi connectivity index (χ3n) is 2.77. The number of hydrogen-bond donors (Lipinski definition) is 2. The zero-order valence-electron chi connectivity index (χ0n) is 11.9. The monoisotopic (exact) mass is 284 g/mol. The molecule has 0 saturated carbocycles. The van der Waals surface area contributed by atoms with Gasteiger partial charge in [0.2, 0.25) is 5.88 Å². The van der Waals surface area contributed by atoms with Gasteiger partial charge in [0.25, 0.3) is 0 Å². The Balaban J connectivity index is 2.29. The molecule has 0 saturated heterocycles. The first kappa shape index (κ1) is 14.5. The molecule has 0 amide bonds. The molecular weight excluding hydrogens is 268 g/mol. The van der Waals surface area contributed by atoms with Crippen LogP contribution in [0.5, 0.6) is 11.6 Å². The maximum atomic E-state index is 9.08. The molecule has 1 heterocycles. The van der Waals surface area contributed by atoms with Gasteiger partial charge >= 0.3 is 0 Å². The number of pyridine rings is 1. The molecule has 21 heavy (non-hydrogen) atoms. The highest BCUT2D eigenvalue weighted by Gasteiger charge is 2.11. The molecule has 6 nitrogen and oxygen atoms in total. The lowest BCUT2D eigenvalue weighted by Gasteiger charge is -2.11. The fourth-order valence-corrected chi connectivity index (χ4v) is 1.78. The van der Waals surface area contributed by atoms with E-state index in [9.17, 15) is 0 Å². The Hall–Kier alpha value is -2.94. The highest BCUT2D eigenvalue weighted by Crippen LogP contribution is 2.27. The molecule has 0 spiro atoms. The van der Waals surface area contributed by atoms with Crippen molar-refractivity contribution in [3.05, 3.63) is 35.9 Å². The van der Waals surface area contributed by atoms with E-state index in [-0.39, 0.29) is 11.4 Å². The number of nitrogens with zero attached hydrogens (tertiary/aromatic N) is 2. The van der Waals surface area contributed by atoms with Gasteiger partial charge in [0.15, 0.2) is 0 Å². The molecule has 0 bridgehead atoms. The normalized spacial score (nSPS) is 9.76. The fourth-order valence-electron chi connectivity index (χ4n) is 1.78. The summed E-state index contributed by atoms with van der Waals surface area (Å²) in [6.07, 6.45) is 0. The first-order valence-electron chi connectivity index (χ1n) is 6.42. The van der Waals surface area contributed by atoms with Crippen molar-refractivity contribution in [2.24, 2.45) is 0 Å². The molecule has 108 valence electrons. The average Bonchev–Trinajstić information content (AvgIpc) is 2.48. The molecule has 1 aromatic carbocycles. The molecule has 3 N–H and O–H groups in total. The van der Waals surface area contributed by atoms with Crippen molar-refractivity contribution >= 4 is 17.2 Å². The third kappa shape index (κ3) is 3.34. The smallest absolute Gasteiger partial charge is 0.235 e. The number of rotatable bonds is 5.